The van der Waals surface area contributed by atoms with Gasteiger partial charge in [-0.25, -0.2) is 0 Å². The second-order valence-corrected chi connectivity index (χ2v) is 5.17. The molecule has 0 aliphatic rings. The second kappa shape index (κ2) is 5.42. The highest BCUT2D eigenvalue weighted by Gasteiger charge is 2.14. The van der Waals surface area contributed by atoms with Gasteiger partial charge in [0.15, 0.2) is 0 Å². The molecule has 0 bridgehead atoms. The molecule has 96 valence electrons. The molecule has 4 nitrogen and oxygen atoms in total. The molecule has 0 saturated carbocycles. The van der Waals surface area contributed by atoms with Crippen molar-refractivity contribution in [3.63, 3.8) is 0 Å². The fourth-order valence-electron chi connectivity index (χ4n) is 2.23. The van der Waals surface area contributed by atoms with Crippen LogP contribution in [-0.2, 0) is 6.42 Å². The molecule has 3 rings (SSSR count). The molecule has 1 atom stereocenters. The zero-order valence-corrected chi connectivity index (χ0v) is 11.4. The molecule has 2 aromatic heterocycles. The number of likely N-dealkylation sites (N-methyl/N-ethyl adjacent to an activating group) is 1. The van der Waals surface area contributed by atoms with Gasteiger partial charge >= 0.3 is 0 Å². The molecule has 1 aromatic carbocycles. The first-order valence-electron chi connectivity index (χ1n) is 6.15. The Kier molecular flexibility index (Phi) is 3.48. The highest BCUT2D eigenvalue weighted by molar-refractivity contribution is 7.05. The van der Waals surface area contributed by atoms with Crippen LogP contribution in [0.15, 0.2) is 42.7 Å². The molecule has 2 heterocycles. The Balaban J connectivity index is 1.96. The van der Waals surface area contributed by atoms with Crippen molar-refractivity contribution < 1.29 is 0 Å². The lowest BCUT2D eigenvalue weighted by Crippen LogP contribution is -2.17. The average Bonchev–Trinajstić information content (AvgIpc) is 2.99. The topological polar surface area (TPSA) is 50.7 Å². The molecular formula is C14H14N4S. The standard InChI is InChI=1S/C14H14N4S/c1-15-13(14-9-17-18-19-14)8-10-6-7-16-12-5-3-2-4-11(10)12/h2-7,9,13,15H,8H2,1H3. The molecule has 0 radical (unpaired) electrons. The molecule has 0 saturated heterocycles. The third-order valence-electron chi connectivity index (χ3n) is 3.23. The van der Waals surface area contributed by atoms with Crippen molar-refractivity contribution in [1.82, 2.24) is 19.9 Å². The van der Waals surface area contributed by atoms with E-state index < -0.39 is 0 Å². The maximum Gasteiger partial charge on any atom is 0.0704 e. The Morgan fingerprint density at radius 3 is 2.95 bits per heavy atom. The van der Waals surface area contributed by atoms with Crippen LogP contribution < -0.4 is 5.32 Å². The summed E-state index contributed by atoms with van der Waals surface area (Å²) < 4.78 is 3.93. The molecule has 19 heavy (non-hydrogen) atoms. The van der Waals surface area contributed by atoms with Crippen LogP contribution in [0.5, 0.6) is 0 Å². The fourth-order valence-corrected chi connectivity index (χ4v) is 2.84. The summed E-state index contributed by atoms with van der Waals surface area (Å²) in [6, 6.07) is 10.6. The molecule has 0 fully saturated rings. The van der Waals surface area contributed by atoms with Crippen LogP contribution in [0.1, 0.15) is 16.5 Å². The minimum absolute atomic E-state index is 0.241. The third kappa shape index (κ3) is 2.47. The van der Waals surface area contributed by atoms with E-state index in [9.17, 15) is 0 Å². The van der Waals surface area contributed by atoms with Crippen molar-refractivity contribution in [2.45, 2.75) is 12.5 Å². The smallest absolute Gasteiger partial charge is 0.0704 e. The zero-order chi connectivity index (χ0) is 13.1. The van der Waals surface area contributed by atoms with Crippen LogP contribution in [0, 0.1) is 0 Å². The molecule has 0 amide bonds. The number of benzene rings is 1. The predicted molar refractivity (Wildman–Crippen MR) is 77.2 cm³/mol. The van der Waals surface area contributed by atoms with Gasteiger partial charge in [0.25, 0.3) is 0 Å². The summed E-state index contributed by atoms with van der Waals surface area (Å²) in [5.74, 6) is 0. The van der Waals surface area contributed by atoms with Crippen molar-refractivity contribution in [3.05, 3.63) is 53.2 Å². The molecule has 0 aliphatic carbocycles. The lowest BCUT2D eigenvalue weighted by molar-refractivity contribution is 0.603. The molecule has 5 heteroatoms. The van der Waals surface area contributed by atoms with Crippen molar-refractivity contribution in [2.24, 2.45) is 0 Å². The summed E-state index contributed by atoms with van der Waals surface area (Å²) >= 11 is 1.44. The summed E-state index contributed by atoms with van der Waals surface area (Å²) in [6.45, 7) is 0. The summed E-state index contributed by atoms with van der Waals surface area (Å²) in [5, 5.41) is 8.45. The van der Waals surface area contributed by atoms with Gasteiger partial charge in [0.05, 0.1) is 16.6 Å². The van der Waals surface area contributed by atoms with Crippen molar-refractivity contribution in [1.29, 1.82) is 0 Å². The van der Waals surface area contributed by atoms with Crippen LogP contribution >= 0.6 is 11.5 Å². The Bertz CT molecular complexity index is 661. The highest BCUT2D eigenvalue weighted by Crippen LogP contribution is 2.24. The third-order valence-corrected chi connectivity index (χ3v) is 4.01. The van der Waals surface area contributed by atoms with E-state index >= 15 is 0 Å². The quantitative estimate of drug-likeness (QED) is 0.791. The van der Waals surface area contributed by atoms with Gasteiger partial charge in [0.1, 0.15) is 0 Å². The number of nitrogens with zero attached hydrogens (tertiary/aromatic N) is 3. The van der Waals surface area contributed by atoms with Gasteiger partial charge in [0.2, 0.25) is 0 Å². The van der Waals surface area contributed by atoms with E-state index in [2.05, 4.69) is 38.1 Å². The molecule has 1 N–H and O–H groups in total. The summed E-state index contributed by atoms with van der Waals surface area (Å²) in [4.78, 5) is 5.55. The molecule has 3 aromatic rings. The number of hydrogen-bond donors (Lipinski definition) is 1. The number of aromatic nitrogens is 3. The van der Waals surface area contributed by atoms with E-state index in [-0.39, 0.29) is 6.04 Å². The SMILES string of the molecule is CNC(Cc1ccnc2ccccc12)c1cnns1. The lowest BCUT2D eigenvalue weighted by Gasteiger charge is -2.14. The van der Waals surface area contributed by atoms with Gasteiger partial charge < -0.3 is 5.32 Å². The molecule has 1 unspecified atom stereocenters. The van der Waals surface area contributed by atoms with Crippen molar-refractivity contribution >= 4 is 22.4 Å². The van der Waals surface area contributed by atoms with E-state index in [1.54, 1.807) is 0 Å². The molecule has 0 spiro atoms. The van der Waals surface area contributed by atoms with E-state index in [1.807, 2.05) is 31.6 Å². The van der Waals surface area contributed by atoms with Gasteiger partial charge in [0, 0.05) is 17.6 Å². The normalized spacial score (nSPS) is 12.7. The summed E-state index contributed by atoms with van der Waals surface area (Å²) in [7, 11) is 1.97. The fraction of sp³-hybridized carbons (Fsp3) is 0.214. The number of nitrogens with one attached hydrogen (secondary N) is 1. The Hall–Kier alpha value is -1.85. The van der Waals surface area contributed by atoms with E-state index in [0.29, 0.717) is 0 Å². The molecule has 0 aliphatic heterocycles. The van der Waals surface area contributed by atoms with Crippen molar-refractivity contribution in [3.8, 4) is 0 Å². The van der Waals surface area contributed by atoms with Crippen LogP contribution in [0.3, 0.4) is 0 Å². The van der Waals surface area contributed by atoms with Crippen LogP contribution in [-0.4, -0.2) is 21.6 Å². The lowest BCUT2D eigenvalue weighted by atomic mass is 10.0. The first-order valence-corrected chi connectivity index (χ1v) is 6.93. The first kappa shape index (κ1) is 12.2. The minimum atomic E-state index is 0.241. The number of rotatable bonds is 4. The number of hydrogen-bond acceptors (Lipinski definition) is 5. The minimum Gasteiger partial charge on any atom is -0.312 e. The number of pyridine rings is 1. The van der Waals surface area contributed by atoms with E-state index in [1.165, 1.54) is 22.5 Å². The number of para-hydroxylation sites is 1. The van der Waals surface area contributed by atoms with Gasteiger partial charge in [-0.15, -0.1) is 5.10 Å². The largest absolute Gasteiger partial charge is 0.312 e. The Morgan fingerprint density at radius 2 is 2.16 bits per heavy atom. The van der Waals surface area contributed by atoms with Gasteiger partial charge in [-0.2, -0.15) is 0 Å². The van der Waals surface area contributed by atoms with Crippen LogP contribution in [0.4, 0.5) is 0 Å². The Labute approximate surface area is 115 Å². The maximum atomic E-state index is 4.40. The van der Waals surface area contributed by atoms with Crippen molar-refractivity contribution in [2.75, 3.05) is 7.05 Å². The second-order valence-electron chi connectivity index (χ2n) is 4.35. The van der Waals surface area contributed by atoms with Crippen LogP contribution in [0.2, 0.25) is 0 Å². The number of fused-ring (bicyclic) bond motifs is 1. The van der Waals surface area contributed by atoms with Gasteiger partial charge in [-0.05, 0) is 42.7 Å². The van der Waals surface area contributed by atoms with Gasteiger partial charge in [-0.3, -0.25) is 4.98 Å². The average molecular weight is 270 g/mol. The zero-order valence-electron chi connectivity index (χ0n) is 10.6. The van der Waals surface area contributed by atoms with Crippen LogP contribution in [0.25, 0.3) is 10.9 Å². The van der Waals surface area contributed by atoms with Gasteiger partial charge in [-0.1, -0.05) is 22.7 Å². The monoisotopic (exact) mass is 270 g/mol. The maximum absolute atomic E-state index is 4.40. The highest BCUT2D eigenvalue weighted by atomic mass is 32.1. The first-order chi connectivity index (χ1) is 9.38. The summed E-state index contributed by atoms with van der Waals surface area (Å²) in [6.07, 6.45) is 4.61. The predicted octanol–water partition coefficient (Wildman–Crippen LogP) is 2.59. The summed E-state index contributed by atoms with van der Waals surface area (Å²) in [5.41, 5.74) is 2.33. The Morgan fingerprint density at radius 1 is 1.26 bits per heavy atom. The molecular weight excluding hydrogens is 256 g/mol. The van der Waals surface area contributed by atoms with E-state index in [0.717, 1.165) is 16.8 Å². The van der Waals surface area contributed by atoms with E-state index in [4.69, 9.17) is 0 Å².